The van der Waals surface area contributed by atoms with Crippen molar-refractivity contribution >= 4 is 5.91 Å². The van der Waals surface area contributed by atoms with Crippen molar-refractivity contribution in [2.75, 3.05) is 0 Å². The van der Waals surface area contributed by atoms with Crippen LogP contribution in [0.4, 0.5) is 0 Å². The van der Waals surface area contributed by atoms with Gasteiger partial charge in [0, 0.05) is 12.0 Å². The van der Waals surface area contributed by atoms with E-state index in [0.29, 0.717) is 17.8 Å². The van der Waals surface area contributed by atoms with E-state index in [1.165, 1.54) is 6.42 Å². The van der Waals surface area contributed by atoms with E-state index in [1.807, 2.05) is 0 Å². The fourth-order valence-electron chi connectivity index (χ4n) is 2.75. The summed E-state index contributed by atoms with van der Waals surface area (Å²) in [6.45, 7) is 6.70. The van der Waals surface area contributed by atoms with E-state index in [9.17, 15) is 4.79 Å². The van der Waals surface area contributed by atoms with Crippen LogP contribution in [-0.2, 0) is 4.79 Å². The summed E-state index contributed by atoms with van der Waals surface area (Å²) in [7, 11) is 0. The van der Waals surface area contributed by atoms with E-state index >= 15 is 0 Å². The second kappa shape index (κ2) is 2.04. The minimum absolute atomic E-state index is 0.0990. The Kier molecular flexibility index (Phi) is 1.37. The molecule has 1 aliphatic heterocycles. The van der Waals surface area contributed by atoms with E-state index < -0.39 is 0 Å². The van der Waals surface area contributed by atoms with Gasteiger partial charge < -0.3 is 5.32 Å². The quantitative estimate of drug-likeness (QED) is 0.584. The lowest BCUT2D eigenvalue weighted by Gasteiger charge is -2.62. The second-order valence-corrected chi connectivity index (χ2v) is 4.90. The molecule has 2 rings (SSSR count). The fourth-order valence-corrected chi connectivity index (χ4v) is 2.75. The van der Waals surface area contributed by atoms with Crippen LogP contribution in [0.2, 0.25) is 0 Å². The molecule has 0 spiro atoms. The number of carbonyl (C=O) groups excluding carboxylic acids is 1. The smallest absolute Gasteiger partial charge is 0.220 e. The standard InChI is InChI=1S/C10H17NO/c1-7-6-8(12)11-10(3)5-4-9(7,10)2/h7H,4-6H2,1-3H3,(H,11,12). The predicted molar refractivity (Wildman–Crippen MR) is 47.7 cm³/mol. The summed E-state index contributed by atoms with van der Waals surface area (Å²) in [6.07, 6.45) is 3.14. The Morgan fingerprint density at radius 3 is 2.50 bits per heavy atom. The van der Waals surface area contributed by atoms with E-state index in [4.69, 9.17) is 0 Å². The van der Waals surface area contributed by atoms with E-state index in [0.717, 1.165) is 6.42 Å². The molecule has 1 saturated heterocycles. The molecule has 2 heteroatoms. The Balaban J connectivity index is 2.28. The predicted octanol–water partition coefficient (Wildman–Crippen LogP) is 1.70. The minimum atomic E-state index is 0.0990. The first kappa shape index (κ1) is 8.09. The number of nitrogens with one attached hydrogen (secondary N) is 1. The van der Waals surface area contributed by atoms with Crippen molar-refractivity contribution < 1.29 is 4.79 Å². The van der Waals surface area contributed by atoms with Crippen molar-refractivity contribution in [2.24, 2.45) is 11.3 Å². The molecule has 12 heavy (non-hydrogen) atoms. The molecule has 1 N–H and O–H groups in total. The van der Waals surface area contributed by atoms with Crippen molar-refractivity contribution in [2.45, 2.75) is 45.6 Å². The Bertz CT molecular complexity index is 238. The Hall–Kier alpha value is -0.530. The van der Waals surface area contributed by atoms with Gasteiger partial charge in [0.25, 0.3) is 0 Å². The number of hydrogen-bond acceptors (Lipinski definition) is 1. The SMILES string of the molecule is CC1CC(=O)NC2(C)CCC12C. The van der Waals surface area contributed by atoms with Gasteiger partial charge >= 0.3 is 0 Å². The number of hydrogen-bond donors (Lipinski definition) is 1. The zero-order valence-electron chi connectivity index (χ0n) is 8.11. The monoisotopic (exact) mass is 167 g/mol. The van der Waals surface area contributed by atoms with Crippen molar-refractivity contribution in [1.82, 2.24) is 5.32 Å². The van der Waals surface area contributed by atoms with Crippen LogP contribution < -0.4 is 5.32 Å². The maximum Gasteiger partial charge on any atom is 0.220 e. The summed E-state index contributed by atoms with van der Waals surface area (Å²) in [4.78, 5) is 11.3. The molecule has 2 aliphatic rings. The van der Waals surface area contributed by atoms with Crippen molar-refractivity contribution in [3.8, 4) is 0 Å². The molecule has 0 bridgehead atoms. The molecule has 1 amide bonds. The highest BCUT2D eigenvalue weighted by Gasteiger charge is 2.58. The highest BCUT2D eigenvalue weighted by Crippen LogP contribution is 2.57. The average Bonchev–Trinajstić information content (AvgIpc) is 1.98. The topological polar surface area (TPSA) is 29.1 Å². The lowest BCUT2D eigenvalue weighted by molar-refractivity contribution is -0.145. The molecular formula is C10H17NO. The van der Waals surface area contributed by atoms with Crippen LogP contribution in [-0.4, -0.2) is 11.4 Å². The zero-order valence-corrected chi connectivity index (χ0v) is 8.11. The number of fused-ring (bicyclic) bond motifs is 1. The van der Waals surface area contributed by atoms with Gasteiger partial charge in [0.05, 0.1) is 0 Å². The molecule has 0 radical (unpaired) electrons. The molecule has 2 fully saturated rings. The van der Waals surface area contributed by atoms with Gasteiger partial charge in [-0.15, -0.1) is 0 Å². The molecule has 1 aliphatic carbocycles. The van der Waals surface area contributed by atoms with Crippen molar-refractivity contribution in [1.29, 1.82) is 0 Å². The van der Waals surface area contributed by atoms with Crippen molar-refractivity contribution in [3.63, 3.8) is 0 Å². The van der Waals surface area contributed by atoms with Gasteiger partial charge in [-0.2, -0.15) is 0 Å². The van der Waals surface area contributed by atoms with Crippen LogP contribution in [0, 0.1) is 11.3 Å². The van der Waals surface area contributed by atoms with Crippen LogP contribution in [0.1, 0.15) is 40.0 Å². The molecule has 68 valence electrons. The zero-order chi connectivity index (χ0) is 8.98. The largest absolute Gasteiger partial charge is 0.350 e. The minimum Gasteiger partial charge on any atom is -0.350 e. The third-order valence-electron chi connectivity index (χ3n) is 4.40. The molecule has 3 unspecified atom stereocenters. The van der Waals surface area contributed by atoms with Gasteiger partial charge in [0.1, 0.15) is 0 Å². The first-order valence-electron chi connectivity index (χ1n) is 4.79. The Morgan fingerprint density at radius 1 is 1.42 bits per heavy atom. The summed E-state index contributed by atoms with van der Waals surface area (Å²) in [5.74, 6) is 0.784. The summed E-state index contributed by atoms with van der Waals surface area (Å²) in [5.41, 5.74) is 0.461. The number of piperidine rings is 1. The average molecular weight is 167 g/mol. The van der Waals surface area contributed by atoms with Gasteiger partial charge in [-0.1, -0.05) is 13.8 Å². The molecule has 3 atom stereocenters. The molecule has 0 aromatic heterocycles. The first-order chi connectivity index (χ1) is 5.48. The summed E-state index contributed by atoms with van der Waals surface area (Å²) in [5, 5.41) is 3.12. The molecular weight excluding hydrogens is 150 g/mol. The van der Waals surface area contributed by atoms with Gasteiger partial charge in [-0.05, 0) is 31.1 Å². The van der Waals surface area contributed by atoms with E-state index in [2.05, 4.69) is 26.1 Å². The third-order valence-corrected chi connectivity index (χ3v) is 4.40. The first-order valence-corrected chi connectivity index (χ1v) is 4.79. The summed E-state index contributed by atoms with van der Waals surface area (Å²) in [6, 6.07) is 0. The number of amides is 1. The number of rotatable bonds is 0. The fraction of sp³-hybridized carbons (Fsp3) is 0.900. The van der Waals surface area contributed by atoms with Crippen LogP contribution in [0.15, 0.2) is 0 Å². The normalized spacial score (nSPS) is 52.2. The highest BCUT2D eigenvalue weighted by molar-refractivity contribution is 5.78. The van der Waals surface area contributed by atoms with Gasteiger partial charge in [-0.3, -0.25) is 4.79 Å². The van der Waals surface area contributed by atoms with Gasteiger partial charge in [-0.25, -0.2) is 0 Å². The van der Waals surface area contributed by atoms with E-state index in [-0.39, 0.29) is 11.4 Å². The summed E-state index contributed by atoms with van der Waals surface area (Å²) >= 11 is 0. The molecule has 2 nitrogen and oxygen atoms in total. The van der Waals surface area contributed by atoms with Crippen molar-refractivity contribution in [3.05, 3.63) is 0 Å². The maximum atomic E-state index is 11.3. The van der Waals surface area contributed by atoms with Crippen LogP contribution in [0.3, 0.4) is 0 Å². The molecule has 1 saturated carbocycles. The second-order valence-electron chi connectivity index (χ2n) is 4.90. The Labute approximate surface area is 73.7 Å². The molecule has 0 aromatic carbocycles. The third kappa shape index (κ3) is 0.732. The maximum absolute atomic E-state index is 11.3. The molecule has 1 heterocycles. The van der Waals surface area contributed by atoms with Crippen LogP contribution in [0.25, 0.3) is 0 Å². The lowest BCUT2D eigenvalue weighted by atomic mass is 9.49. The van der Waals surface area contributed by atoms with Crippen LogP contribution in [0.5, 0.6) is 0 Å². The number of carbonyl (C=O) groups is 1. The van der Waals surface area contributed by atoms with Gasteiger partial charge in [0.15, 0.2) is 0 Å². The highest BCUT2D eigenvalue weighted by atomic mass is 16.1. The summed E-state index contributed by atoms with van der Waals surface area (Å²) < 4.78 is 0. The molecule has 0 aromatic rings. The van der Waals surface area contributed by atoms with E-state index in [1.54, 1.807) is 0 Å². The van der Waals surface area contributed by atoms with Gasteiger partial charge in [0.2, 0.25) is 5.91 Å². The Morgan fingerprint density at radius 2 is 2.08 bits per heavy atom. The van der Waals surface area contributed by atoms with Crippen LogP contribution >= 0.6 is 0 Å². The lowest BCUT2D eigenvalue weighted by Crippen LogP contribution is -2.69.